The molecule has 0 saturated carbocycles. The number of sulfonamides is 1. The van der Waals surface area contributed by atoms with Crippen LogP contribution in [0.25, 0.3) is 0 Å². The van der Waals surface area contributed by atoms with Gasteiger partial charge in [0.1, 0.15) is 6.54 Å². The second-order valence-electron chi connectivity index (χ2n) is 5.72. The lowest BCUT2D eigenvalue weighted by atomic mass is 10.0. The molecule has 5 nitrogen and oxygen atoms in total. The molecule has 0 aliphatic carbocycles. The van der Waals surface area contributed by atoms with E-state index in [0.717, 1.165) is 16.1 Å². The number of carbonyl (C=O) groups excluding carboxylic acids is 1. The molecule has 0 radical (unpaired) electrons. The first kappa shape index (κ1) is 18.0. The number of nitrogens with zero attached hydrogens (tertiary/aromatic N) is 1. The predicted octanol–water partition coefficient (Wildman–Crippen LogP) is 2.37. The van der Waals surface area contributed by atoms with Crippen molar-refractivity contribution in [2.45, 2.75) is 12.8 Å². The molecule has 2 aromatic rings. The van der Waals surface area contributed by atoms with E-state index in [9.17, 15) is 13.2 Å². The molecule has 24 heavy (non-hydrogen) atoms. The van der Waals surface area contributed by atoms with Gasteiger partial charge in [-0.05, 0) is 23.6 Å². The summed E-state index contributed by atoms with van der Waals surface area (Å²) in [6, 6.07) is 18.5. The van der Waals surface area contributed by atoms with Crippen molar-refractivity contribution >= 4 is 21.6 Å². The van der Waals surface area contributed by atoms with Crippen LogP contribution in [0.5, 0.6) is 0 Å². The third kappa shape index (κ3) is 5.09. The number of amides is 1. The Kier molecular flexibility index (Phi) is 5.98. The fourth-order valence-electron chi connectivity index (χ4n) is 2.35. The molecule has 2 aromatic carbocycles. The first-order valence-corrected chi connectivity index (χ1v) is 9.57. The molecule has 1 N–H and O–H groups in total. The number of para-hydroxylation sites is 1. The fourth-order valence-corrected chi connectivity index (χ4v) is 3.20. The molecule has 1 amide bonds. The number of rotatable bonds is 7. The first-order valence-electron chi connectivity index (χ1n) is 7.72. The SMILES string of the molecule is CC(CNC(=O)CN(c1ccccc1)S(C)(=O)=O)c1ccccc1. The molecular formula is C18H22N2O3S. The van der Waals surface area contributed by atoms with Crippen molar-refractivity contribution in [3.8, 4) is 0 Å². The lowest BCUT2D eigenvalue weighted by Crippen LogP contribution is -2.41. The van der Waals surface area contributed by atoms with E-state index in [-0.39, 0.29) is 18.4 Å². The molecule has 0 heterocycles. The van der Waals surface area contributed by atoms with E-state index in [2.05, 4.69) is 5.32 Å². The summed E-state index contributed by atoms with van der Waals surface area (Å²) in [5.41, 5.74) is 1.60. The minimum absolute atomic E-state index is 0.151. The molecule has 0 saturated heterocycles. The largest absolute Gasteiger partial charge is 0.354 e. The van der Waals surface area contributed by atoms with Crippen molar-refractivity contribution in [1.82, 2.24) is 5.32 Å². The average Bonchev–Trinajstić information content (AvgIpc) is 2.58. The van der Waals surface area contributed by atoms with Gasteiger partial charge in [-0.2, -0.15) is 0 Å². The topological polar surface area (TPSA) is 66.5 Å². The van der Waals surface area contributed by atoms with Crippen LogP contribution in [0.1, 0.15) is 18.4 Å². The Morgan fingerprint density at radius 2 is 1.58 bits per heavy atom. The van der Waals surface area contributed by atoms with E-state index in [1.807, 2.05) is 37.3 Å². The van der Waals surface area contributed by atoms with Gasteiger partial charge in [-0.25, -0.2) is 8.42 Å². The van der Waals surface area contributed by atoms with Crippen LogP contribution >= 0.6 is 0 Å². The van der Waals surface area contributed by atoms with Crippen LogP contribution in [0.2, 0.25) is 0 Å². The zero-order valence-corrected chi connectivity index (χ0v) is 14.7. The van der Waals surface area contributed by atoms with Crippen LogP contribution in [-0.4, -0.2) is 33.7 Å². The van der Waals surface area contributed by atoms with Gasteiger partial charge in [-0.15, -0.1) is 0 Å². The van der Waals surface area contributed by atoms with Gasteiger partial charge in [0.05, 0.1) is 11.9 Å². The Balaban J connectivity index is 1.99. The van der Waals surface area contributed by atoms with Gasteiger partial charge in [0.15, 0.2) is 0 Å². The molecule has 0 bridgehead atoms. The van der Waals surface area contributed by atoms with E-state index >= 15 is 0 Å². The lowest BCUT2D eigenvalue weighted by Gasteiger charge is -2.22. The van der Waals surface area contributed by atoms with Crippen molar-refractivity contribution < 1.29 is 13.2 Å². The first-order chi connectivity index (χ1) is 11.4. The fraction of sp³-hybridized carbons (Fsp3) is 0.278. The van der Waals surface area contributed by atoms with Crippen LogP contribution in [0.3, 0.4) is 0 Å². The molecular weight excluding hydrogens is 324 g/mol. The van der Waals surface area contributed by atoms with Crippen LogP contribution in [0.4, 0.5) is 5.69 Å². The van der Waals surface area contributed by atoms with Crippen molar-refractivity contribution in [3.63, 3.8) is 0 Å². The normalized spacial score (nSPS) is 12.4. The van der Waals surface area contributed by atoms with Gasteiger partial charge in [-0.3, -0.25) is 9.10 Å². The van der Waals surface area contributed by atoms with E-state index in [1.54, 1.807) is 30.3 Å². The Bertz CT molecular complexity index is 761. The van der Waals surface area contributed by atoms with Crippen molar-refractivity contribution in [1.29, 1.82) is 0 Å². The number of benzene rings is 2. The Morgan fingerprint density at radius 3 is 2.12 bits per heavy atom. The Hall–Kier alpha value is -2.34. The van der Waals surface area contributed by atoms with Gasteiger partial charge < -0.3 is 5.32 Å². The molecule has 0 aliphatic heterocycles. The predicted molar refractivity (Wildman–Crippen MR) is 96.5 cm³/mol. The highest BCUT2D eigenvalue weighted by Gasteiger charge is 2.20. The minimum Gasteiger partial charge on any atom is -0.354 e. The quantitative estimate of drug-likeness (QED) is 0.837. The van der Waals surface area contributed by atoms with Crippen molar-refractivity contribution in [2.24, 2.45) is 0 Å². The summed E-state index contributed by atoms with van der Waals surface area (Å²) in [4.78, 5) is 12.2. The molecule has 0 aliphatic rings. The number of carbonyl (C=O) groups is 1. The standard InChI is InChI=1S/C18H22N2O3S/c1-15(16-9-5-3-6-10-16)13-19-18(21)14-20(24(2,22)23)17-11-7-4-8-12-17/h3-12,15H,13-14H2,1-2H3,(H,19,21). The van der Waals surface area contributed by atoms with Crippen molar-refractivity contribution in [2.75, 3.05) is 23.7 Å². The lowest BCUT2D eigenvalue weighted by molar-refractivity contribution is -0.119. The maximum absolute atomic E-state index is 12.2. The summed E-state index contributed by atoms with van der Waals surface area (Å²) in [7, 11) is -3.53. The Morgan fingerprint density at radius 1 is 1.04 bits per heavy atom. The number of hydrogen-bond acceptors (Lipinski definition) is 3. The summed E-state index contributed by atoms with van der Waals surface area (Å²) in [6.07, 6.45) is 1.10. The molecule has 0 spiro atoms. The second kappa shape index (κ2) is 7.97. The van der Waals surface area contributed by atoms with Gasteiger partial charge in [0.25, 0.3) is 0 Å². The van der Waals surface area contributed by atoms with Crippen LogP contribution in [0, 0.1) is 0 Å². The summed E-state index contributed by atoms with van der Waals surface area (Å²) >= 11 is 0. The maximum Gasteiger partial charge on any atom is 0.240 e. The van der Waals surface area contributed by atoms with Gasteiger partial charge in [0, 0.05) is 6.54 Å². The molecule has 1 unspecified atom stereocenters. The Labute approximate surface area is 143 Å². The highest BCUT2D eigenvalue weighted by atomic mass is 32.2. The molecule has 0 aromatic heterocycles. The zero-order chi connectivity index (χ0) is 17.6. The number of nitrogens with one attached hydrogen (secondary N) is 1. The van der Waals surface area contributed by atoms with Gasteiger partial charge in [-0.1, -0.05) is 55.5 Å². The monoisotopic (exact) mass is 346 g/mol. The molecule has 2 rings (SSSR count). The summed E-state index contributed by atoms with van der Waals surface area (Å²) < 4.78 is 25.1. The number of hydrogen-bond donors (Lipinski definition) is 1. The summed E-state index contributed by atoms with van der Waals surface area (Å²) in [5.74, 6) is -0.175. The second-order valence-corrected chi connectivity index (χ2v) is 7.63. The average molecular weight is 346 g/mol. The highest BCUT2D eigenvalue weighted by molar-refractivity contribution is 7.92. The van der Waals surface area contributed by atoms with E-state index in [4.69, 9.17) is 0 Å². The van der Waals surface area contributed by atoms with E-state index in [0.29, 0.717) is 12.2 Å². The summed E-state index contributed by atoms with van der Waals surface area (Å²) in [6.45, 7) is 2.24. The third-order valence-corrected chi connectivity index (χ3v) is 4.85. The highest BCUT2D eigenvalue weighted by Crippen LogP contribution is 2.16. The van der Waals surface area contributed by atoms with Crippen LogP contribution < -0.4 is 9.62 Å². The molecule has 6 heteroatoms. The summed E-state index contributed by atoms with van der Waals surface area (Å²) in [5, 5.41) is 2.81. The molecule has 128 valence electrons. The van der Waals surface area contributed by atoms with E-state index in [1.165, 1.54) is 0 Å². The smallest absolute Gasteiger partial charge is 0.240 e. The van der Waals surface area contributed by atoms with Gasteiger partial charge in [0.2, 0.25) is 15.9 Å². The van der Waals surface area contributed by atoms with Gasteiger partial charge >= 0.3 is 0 Å². The van der Waals surface area contributed by atoms with Crippen LogP contribution in [0.15, 0.2) is 60.7 Å². The number of anilines is 1. The molecule has 0 fully saturated rings. The maximum atomic E-state index is 12.2. The molecule has 1 atom stereocenters. The third-order valence-electron chi connectivity index (χ3n) is 3.71. The zero-order valence-electron chi connectivity index (χ0n) is 13.8. The minimum atomic E-state index is -3.53. The van der Waals surface area contributed by atoms with Crippen LogP contribution in [-0.2, 0) is 14.8 Å². The van der Waals surface area contributed by atoms with E-state index < -0.39 is 10.0 Å². The van der Waals surface area contributed by atoms with Crippen molar-refractivity contribution in [3.05, 3.63) is 66.2 Å².